The Morgan fingerprint density at radius 3 is 2.86 bits per heavy atom. The Hall–Kier alpha value is -1.90. The summed E-state index contributed by atoms with van der Waals surface area (Å²) in [6.45, 7) is 1.91. The number of aldehydes is 1. The van der Waals surface area contributed by atoms with Gasteiger partial charge in [0.1, 0.15) is 11.8 Å². The van der Waals surface area contributed by atoms with Gasteiger partial charge in [0.2, 0.25) is 5.43 Å². The molecule has 0 aliphatic rings. The number of benzene rings is 1. The SMILES string of the molecule is Cc1ccc2c(=O)c(C=O)coc2c1. The minimum Gasteiger partial charge on any atom is -0.463 e. The summed E-state index contributed by atoms with van der Waals surface area (Å²) in [4.78, 5) is 22.1. The van der Waals surface area contributed by atoms with Crippen LogP contribution >= 0.6 is 0 Å². The quantitative estimate of drug-likeness (QED) is 0.642. The number of hydrogen-bond donors (Lipinski definition) is 0. The Labute approximate surface area is 80.0 Å². The highest BCUT2D eigenvalue weighted by Gasteiger charge is 2.05. The molecule has 0 saturated heterocycles. The summed E-state index contributed by atoms with van der Waals surface area (Å²) >= 11 is 0. The van der Waals surface area contributed by atoms with E-state index in [0.717, 1.165) is 5.56 Å². The molecule has 0 aliphatic carbocycles. The molecule has 0 fully saturated rings. The van der Waals surface area contributed by atoms with E-state index in [1.54, 1.807) is 12.1 Å². The predicted molar refractivity (Wildman–Crippen MR) is 52.6 cm³/mol. The number of fused-ring (bicyclic) bond motifs is 1. The molecule has 3 nitrogen and oxygen atoms in total. The van der Waals surface area contributed by atoms with E-state index >= 15 is 0 Å². The lowest BCUT2D eigenvalue weighted by molar-refractivity contribution is 0.112. The van der Waals surface area contributed by atoms with Crippen LogP contribution < -0.4 is 5.43 Å². The summed E-state index contributed by atoms with van der Waals surface area (Å²) in [7, 11) is 0. The van der Waals surface area contributed by atoms with Crippen molar-refractivity contribution >= 4 is 17.3 Å². The molecule has 1 aromatic carbocycles. The number of aryl methyl sites for hydroxylation is 1. The van der Waals surface area contributed by atoms with E-state index in [9.17, 15) is 9.59 Å². The molecule has 1 aromatic heterocycles. The summed E-state index contributed by atoms with van der Waals surface area (Å²) in [5, 5.41) is 0.445. The van der Waals surface area contributed by atoms with Crippen molar-refractivity contribution in [2.45, 2.75) is 6.92 Å². The van der Waals surface area contributed by atoms with Crippen LogP contribution in [0.25, 0.3) is 11.0 Å². The standard InChI is InChI=1S/C11H8O3/c1-7-2-3-9-10(4-7)14-6-8(5-12)11(9)13/h2-6H,1H3. The lowest BCUT2D eigenvalue weighted by Gasteiger charge is -1.97. The van der Waals surface area contributed by atoms with E-state index in [1.165, 1.54) is 6.26 Å². The first-order valence-corrected chi connectivity index (χ1v) is 4.20. The zero-order valence-electron chi connectivity index (χ0n) is 7.61. The Morgan fingerprint density at radius 2 is 2.14 bits per heavy atom. The van der Waals surface area contributed by atoms with Crippen LogP contribution in [0.2, 0.25) is 0 Å². The molecular weight excluding hydrogens is 180 g/mol. The van der Waals surface area contributed by atoms with E-state index in [0.29, 0.717) is 17.3 Å². The summed E-state index contributed by atoms with van der Waals surface area (Å²) in [5.41, 5.74) is 1.31. The molecule has 0 saturated carbocycles. The van der Waals surface area contributed by atoms with E-state index in [-0.39, 0.29) is 11.0 Å². The van der Waals surface area contributed by atoms with Gasteiger partial charge in [-0.25, -0.2) is 0 Å². The largest absolute Gasteiger partial charge is 0.463 e. The molecule has 0 radical (unpaired) electrons. The molecule has 70 valence electrons. The third-order valence-corrected chi connectivity index (χ3v) is 2.08. The molecule has 0 atom stereocenters. The van der Waals surface area contributed by atoms with Gasteiger partial charge in [0.15, 0.2) is 6.29 Å². The molecule has 2 rings (SSSR count). The van der Waals surface area contributed by atoms with Crippen molar-refractivity contribution in [3.05, 3.63) is 45.8 Å². The van der Waals surface area contributed by atoms with Gasteiger partial charge >= 0.3 is 0 Å². The van der Waals surface area contributed by atoms with Crippen molar-refractivity contribution in [3.63, 3.8) is 0 Å². The Balaban J connectivity index is 2.91. The van der Waals surface area contributed by atoms with Crippen molar-refractivity contribution in [1.29, 1.82) is 0 Å². The maximum atomic E-state index is 11.6. The summed E-state index contributed by atoms with van der Waals surface area (Å²) < 4.78 is 5.16. The van der Waals surface area contributed by atoms with Crippen LogP contribution in [0.3, 0.4) is 0 Å². The summed E-state index contributed by atoms with van der Waals surface area (Å²) in [6, 6.07) is 5.25. The van der Waals surface area contributed by atoms with Crippen molar-refractivity contribution in [1.82, 2.24) is 0 Å². The maximum absolute atomic E-state index is 11.6. The predicted octanol–water partition coefficient (Wildman–Crippen LogP) is 1.91. The topological polar surface area (TPSA) is 47.3 Å². The summed E-state index contributed by atoms with van der Waals surface area (Å²) in [6.07, 6.45) is 1.70. The molecule has 0 amide bonds. The van der Waals surface area contributed by atoms with Crippen LogP contribution in [-0.2, 0) is 0 Å². The maximum Gasteiger partial charge on any atom is 0.203 e. The van der Waals surface area contributed by atoms with Gasteiger partial charge in [0.05, 0.1) is 10.9 Å². The van der Waals surface area contributed by atoms with Gasteiger partial charge in [0, 0.05) is 0 Å². The normalized spacial score (nSPS) is 10.4. The second-order valence-electron chi connectivity index (χ2n) is 3.14. The molecule has 0 unspecified atom stereocenters. The third-order valence-electron chi connectivity index (χ3n) is 2.08. The van der Waals surface area contributed by atoms with E-state index in [1.807, 2.05) is 13.0 Å². The van der Waals surface area contributed by atoms with Gasteiger partial charge in [-0.2, -0.15) is 0 Å². The fourth-order valence-electron chi connectivity index (χ4n) is 1.33. The number of carbonyl (C=O) groups excluding carboxylic acids is 1. The Morgan fingerprint density at radius 1 is 1.36 bits per heavy atom. The molecular formula is C11H8O3. The number of hydrogen-bond acceptors (Lipinski definition) is 3. The fourth-order valence-corrected chi connectivity index (χ4v) is 1.33. The molecule has 0 aliphatic heterocycles. The first-order chi connectivity index (χ1) is 6.72. The monoisotopic (exact) mass is 188 g/mol. The van der Waals surface area contributed by atoms with Crippen LogP contribution in [-0.4, -0.2) is 6.29 Å². The molecule has 0 spiro atoms. The minimum atomic E-state index is -0.277. The number of rotatable bonds is 1. The van der Waals surface area contributed by atoms with Crippen LogP contribution in [0, 0.1) is 6.92 Å². The van der Waals surface area contributed by atoms with Crippen molar-refractivity contribution < 1.29 is 9.21 Å². The van der Waals surface area contributed by atoms with Crippen LogP contribution in [0.4, 0.5) is 0 Å². The zero-order chi connectivity index (χ0) is 10.1. The van der Waals surface area contributed by atoms with Crippen LogP contribution in [0.15, 0.2) is 33.7 Å². The second-order valence-corrected chi connectivity index (χ2v) is 3.14. The molecule has 0 bridgehead atoms. The van der Waals surface area contributed by atoms with Crippen LogP contribution in [0.1, 0.15) is 15.9 Å². The van der Waals surface area contributed by atoms with Gasteiger partial charge in [-0.05, 0) is 24.6 Å². The summed E-state index contributed by atoms with van der Waals surface area (Å²) in [5.74, 6) is 0. The highest BCUT2D eigenvalue weighted by atomic mass is 16.3. The van der Waals surface area contributed by atoms with Gasteiger partial charge in [-0.3, -0.25) is 9.59 Å². The van der Waals surface area contributed by atoms with Crippen molar-refractivity contribution in [2.24, 2.45) is 0 Å². The zero-order valence-corrected chi connectivity index (χ0v) is 7.61. The molecule has 14 heavy (non-hydrogen) atoms. The lowest BCUT2D eigenvalue weighted by atomic mass is 10.1. The molecule has 2 aromatic rings. The van der Waals surface area contributed by atoms with Gasteiger partial charge < -0.3 is 4.42 Å². The Kier molecular flexibility index (Phi) is 1.93. The first-order valence-electron chi connectivity index (χ1n) is 4.20. The first kappa shape index (κ1) is 8.69. The smallest absolute Gasteiger partial charge is 0.203 e. The molecule has 1 heterocycles. The average molecular weight is 188 g/mol. The van der Waals surface area contributed by atoms with Gasteiger partial charge in [-0.15, -0.1) is 0 Å². The van der Waals surface area contributed by atoms with Crippen LogP contribution in [0.5, 0.6) is 0 Å². The van der Waals surface area contributed by atoms with Gasteiger partial charge in [0.25, 0.3) is 0 Å². The van der Waals surface area contributed by atoms with E-state index < -0.39 is 0 Å². The average Bonchev–Trinajstić information content (AvgIpc) is 2.18. The number of carbonyl (C=O) groups is 1. The van der Waals surface area contributed by atoms with Crippen molar-refractivity contribution in [2.75, 3.05) is 0 Å². The Bertz CT molecular complexity index is 552. The fraction of sp³-hybridized carbons (Fsp3) is 0.0909. The highest BCUT2D eigenvalue weighted by molar-refractivity contribution is 5.84. The highest BCUT2D eigenvalue weighted by Crippen LogP contribution is 2.12. The molecule has 0 N–H and O–H groups in total. The van der Waals surface area contributed by atoms with Crippen molar-refractivity contribution in [3.8, 4) is 0 Å². The van der Waals surface area contributed by atoms with E-state index in [2.05, 4.69) is 0 Å². The molecule has 3 heteroatoms. The third kappa shape index (κ3) is 1.23. The van der Waals surface area contributed by atoms with E-state index in [4.69, 9.17) is 4.42 Å². The lowest BCUT2D eigenvalue weighted by Crippen LogP contribution is -2.07. The van der Waals surface area contributed by atoms with Gasteiger partial charge in [-0.1, -0.05) is 6.07 Å². The minimum absolute atomic E-state index is 0.0568. The second kappa shape index (κ2) is 3.10.